The van der Waals surface area contributed by atoms with E-state index in [-0.39, 0.29) is 4.90 Å². The van der Waals surface area contributed by atoms with Crippen molar-refractivity contribution >= 4 is 15.7 Å². The number of halogens is 1. The van der Waals surface area contributed by atoms with Gasteiger partial charge in [0.1, 0.15) is 11.6 Å². The summed E-state index contributed by atoms with van der Waals surface area (Å²) in [6, 6.07) is 8.02. The van der Waals surface area contributed by atoms with E-state index in [0.717, 1.165) is 23.3 Å². The maximum absolute atomic E-state index is 12.9. The van der Waals surface area contributed by atoms with Crippen LogP contribution < -0.4 is 9.46 Å². The minimum absolute atomic E-state index is 0.0109. The molecule has 0 bridgehead atoms. The van der Waals surface area contributed by atoms with Gasteiger partial charge in [0, 0.05) is 0 Å². The van der Waals surface area contributed by atoms with E-state index in [0.29, 0.717) is 11.4 Å². The molecule has 0 unspecified atom stereocenters. The number of methoxy groups -OCH3 is 1. The molecule has 0 saturated heterocycles. The third kappa shape index (κ3) is 3.16. The van der Waals surface area contributed by atoms with Gasteiger partial charge in [0.15, 0.2) is 0 Å². The first-order valence-corrected chi connectivity index (χ1v) is 7.76. The second-order valence-electron chi connectivity index (χ2n) is 4.62. The Hall–Kier alpha value is -2.08. The van der Waals surface area contributed by atoms with Gasteiger partial charge in [-0.1, -0.05) is 0 Å². The van der Waals surface area contributed by atoms with E-state index >= 15 is 0 Å². The van der Waals surface area contributed by atoms with Crippen LogP contribution in [0.5, 0.6) is 5.75 Å². The molecule has 112 valence electrons. The molecule has 6 heteroatoms. The van der Waals surface area contributed by atoms with E-state index < -0.39 is 15.8 Å². The van der Waals surface area contributed by atoms with E-state index in [9.17, 15) is 12.8 Å². The fraction of sp³-hybridized carbons (Fsp3) is 0.200. The predicted octanol–water partition coefficient (Wildman–Crippen LogP) is 3.25. The maximum Gasteiger partial charge on any atom is 0.261 e. The van der Waals surface area contributed by atoms with E-state index in [2.05, 4.69) is 4.72 Å². The van der Waals surface area contributed by atoms with Gasteiger partial charge >= 0.3 is 0 Å². The van der Waals surface area contributed by atoms with Crippen molar-refractivity contribution in [3.63, 3.8) is 0 Å². The third-order valence-corrected chi connectivity index (χ3v) is 4.71. The van der Waals surface area contributed by atoms with Crippen molar-refractivity contribution in [2.24, 2.45) is 0 Å². The molecule has 0 spiro atoms. The first-order chi connectivity index (χ1) is 9.85. The largest absolute Gasteiger partial charge is 0.496 e. The summed E-state index contributed by atoms with van der Waals surface area (Å²) in [7, 11) is -2.19. The van der Waals surface area contributed by atoms with Crippen LogP contribution in [0, 0.1) is 19.7 Å². The highest BCUT2D eigenvalue weighted by molar-refractivity contribution is 7.92. The highest BCUT2D eigenvalue weighted by atomic mass is 32.2. The second kappa shape index (κ2) is 5.73. The quantitative estimate of drug-likeness (QED) is 0.943. The first kappa shape index (κ1) is 15.3. The van der Waals surface area contributed by atoms with Gasteiger partial charge in [0.2, 0.25) is 0 Å². The number of benzene rings is 2. The lowest BCUT2D eigenvalue weighted by atomic mass is 10.1. The summed E-state index contributed by atoms with van der Waals surface area (Å²) in [4.78, 5) is 0.0109. The van der Waals surface area contributed by atoms with Crippen molar-refractivity contribution in [2.45, 2.75) is 18.7 Å². The molecule has 0 aliphatic heterocycles. The molecule has 0 aliphatic rings. The molecule has 2 rings (SSSR count). The van der Waals surface area contributed by atoms with Crippen molar-refractivity contribution < 1.29 is 17.5 Å². The highest BCUT2D eigenvalue weighted by Crippen LogP contribution is 2.28. The SMILES string of the molecule is COc1ccc(NS(=O)(=O)c2ccc(F)cc2)c(C)c1C. The van der Waals surface area contributed by atoms with Gasteiger partial charge in [0.05, 0.1) is 17.7 Å². The van der Waals surface area contributed by atoms with Gasteiger partial charge in [-0.3, -0.25) is 4.72 Å². The Labute approximate surface area is 123 Å². The fourth-order valence-electron chi connectivity index (χ4n) is 1.94. The molecular formula is C15H16FNO3S. The number of hydrogen-bond acceptors (Lipinski definition) is 3. The molecule has 21 heavy (non-hydrogen) atoms. The molecule has 0 aliphatic carbocycles. The standard InChI is InChI=1S/C15H16FNO3S/c1-10-11(2)15(20-3)9-8-14(10)17-21(18,19)13-6-4-12(16)5-7-13/h4-9,17H,1-3H3. The van der Waals surface area contributed by atoms with Gasteiger partial charge < -0.3 is 4.74 Å². The average Bonchev–Trinajstić information content (AvgIpc) is 2.44. The van der Waals surface area contributed by atoms with Crippen molar-refractivity contribution in [3.8, 4) is 5.75 Å². The zero-order valence-electron chi connectivity index (χ0n) is 12.0. The van der Waals surface area contributed by atoms with Crippen molar-refractivity contribution in [3.05, 3.63) is 53.3 Å². The molecule has 2 aromatic carbocycles. The number of rotatable bonds is 4. The summed E-state index contributed by atoms with van der Waals surface area (Å²) in [6.07, 6.45) is 0. The van der Waals surface area contributed by atoms with Crippen molar-refractivity contribution in [1.29, 1.82) is 0 Å². The van der Waals surface area contributed by atoms with E-state index in [1.807, 2.05) is 6.92 Å². The van der Waals surface area contributed by atoms with E-state index in [1.54, 1.807) is 26.2 Å². The van der Waals surface area contributed by atoms with Crippen molar-refractivity contribution in [2.75, 3.05) is 11.8 Å². The Morgan fingerprint density at radius 1 is 1.00 bits per heavy atom. The lowest BCUT2D eigenvalue weighted by Crippen LogP contribution is -2.14. The summed E-state index contributed by atoms with van der Waals surface area (Å²) in [5, 5.41) is 0. The number of nitrogens with one attached hydrogen (secondary N) is 1. The summed E-state index contributed by atoms with van der Waals surface area (Å²) in [5.41, 5.74) is 2.11. The van der Waals surface area contributed by atoms with Crippen molar-refractivity contribution in [1.82, 2.24) is 0 Å². The molecule has 0 amide bonds. The molecule has 0 saturated carbocycles. The average molecular weight is 309 g/mol. The Bertz CT molecular complexity index is 755. The molecule has 0 aromatic heterocycles. The molecule has 4 nitrogen and oxygen atoms in total. The Balaban J connectivity index is 2.37. The van der Waals surface area contributed by atoms with Crippen LogP contribution in [0.2, 0.25) is 0 Å². The van der Waals surface area contributed by atoms with Gasteiger partial charge in [-0.2, -0.15) is 0 Å². The van der Waals surface area contributed by atoms with Crippen LogP contribution in [0.4, 0.5) is 10.1 Å². The smallest absolute Gasteiger partial charge is 0.261 e. The molecule has 0 atom stereocenters. The number of hydrogen-bond donors (Lipinski definition) is 1. The summed E-state index contributed by atoms with van der Waals surface area (Å²) in [5.74, 6) is 0.211. The van der Waals surface area contributed by atoms with Gasteiger partial charge in [0.25, 0.3) is 10.0 Å². The van der Waals surface area contributed by atoms with Crippen LogP contribution in [0.25, 0.3) is 0 Å². The summed E-state index contributed by atoms with van der Waals surface area (Å²) >= 11 is 0. The number of ether oxygens (including phenoxy) is 1. The Morgan fingerprint density at radius 2 is 1.62 bits per heavy atom. The van der Waals surface area contributed by atoms with Gasteiger partial charge in [-0.25, -0.2) is 12.8 Å². The highest BCUT2D eigenvalue weighted by Gasteiger charge is 2.16. The molecule has 2 aromatic rings. The number of sulfonamides is 1. The second-order valence-corrected chi connectivity index (χ2v) is 6.31. The Morgan fingerprint density at radius 3 is 2.19 bits per heavy atom. The molecule has 0 fully saturated rings. The lowest BCUT2D eigenvalue weighted by molar-refractivity contribution is 0.411. The monoisotopic (exact) mass is 309 g/mol. The minimum atomic E-state index is -3.75. The maximum atomic E-state index is 12.9. The lowest BCUT2D eigenvalue weighted by Gasteiger charge is -2.14. The Kier molecular flexibility index (Phi) is 4.18. The van der Waals surface area contributed by atoms with E-state index in [4.69, 9.17) is 4.74 Å². The normalized spacial score (nSPS) is 11.2. The summed E-state index contributed by atoms with van der Waals surface area (Å²) < 4.78 is 45.1. The number of anilines is 1. The van der Waals surface area contributed by atoms with Crippen LogP contribution in [-0.4, -0.2) is 15.5 Å². The zero-order chi connectivity index (χ0) is 15.6. The molecular weight excluding hydrogens is 293 g/mol. The van der Waals surface area contributed by atoms with Gasteiger partial charge in [-0.05, 0) is 61.4 Å². The molecule has 0 radical (unpaired) electrons. The predicted molar refractivity (Wildman–Crippen MR) is 79.7 cm³/mol. The van der Waals surface area contributed by atoms with Crippen LogP contribution >= 0.6 is 0 Å². The van der Waals surface area contributed by atoms with Crippen LogP contribution in [-0.2, 0) is 10.0 Å². The van der Waals surface area contributed by atoms with Crippen LogP contribution in [0.1, 0.15) is 11.1 Å². The molecule has 1 N–H and O–H groups in total. The fourth-order valence-corrected chi connectivity index (χ4v) is 3.07. The van der Waals surface area contributed by atoms with Crippen LogP contribution in [0.3, 0.4) is 0 Å². The topological polar surface area (TPSA) is 55.4 Å². The van der Waals surface area contributed by atoms with Crippen LogP contribution in [0.15, 0.2) is 41.3 Å². The molecule has 0 heterocycles. The third-order valence-electron chi connectivity index (χ3n) is 3.33. The summed E-state index contributed by atoms with van der Waals surface area (Å²) in [6.45, 7) is 3.66. The van der Waals surface area contributed by atoms with Gasteiger partial charge in [-0.15, -0.1) is 0 Å². The van der Waals surface area contributed by atoms with E-state index in [1.165, 1.54) is 12.1 Å². The first-order valence-electron chi connectivity index (χ1n) is 6.27. The minimum Gasteiger partial charge on any atom is -0.496 e. The zero-order valence-corrected chi connectivity index (χ0v) is 12.8.